The second kappa shape index (κ2) is 6.64. The molecule has 2 saturated carbocycles. The van der Waals surface area contributed by atoms with Crippen molar-refractivity contribution in [2.24, 2.45) is 5.92 Å². The van der Waals surface area contributed by atoms with Gasteiger partial charge in [-0.05, 0) is 37.7 Å². The van der Waals surface area contributed by atoms with Crippen molar-refractivity contribution in [1.82, 2.24) is 9.80 Å². The van der Waals surface area contributed by atoms with Crippen LogP contribution in [0.3, 0.4) is 0 Å². The molecule has 1 atom stereocenters. The van der Waals surface area contributed by atoms with Gasteiger partial charge in [-0.2, -0.15) is 0 Å². The van der Waals surface area contributed by atoms with Crippen LogP contribution in [0.5, 0.6) is 0 Å². The van der Waals surface area contributed by atoms with Crippen LogP contribution in [0.1, 0.15) is 44.1 Å². The van der Waals surface area contributed by atoms with E-state index < -0.39 is 0 Å². The molecule has 0 N–H and O–H groups in total. The number of nitrogens with zero attached hydrogens (tertiary/aromatic N) is 2. The number of amides is 1. The summed E-state index contributed by atoms with van der Waals surface area (Å²) in [5.41, 5.74) is 1.36. The molecule has 1 aliphatic heterocycles. The van der Waals surface area contributed by atoms with E-state index >= 15 is 0 Å². The van der Waals surface area contributed by atoms with Gasteiger partial charge in [0.15, 0.2) is 0 Å². The molecular weight excluding hydrogens is 284 g/mol. The summed E-state index contributed by atoms with van der Waals surface area (Å²) < 4.78 is 0. The quantitative estimate of drug-likeness (QED) is 0.853. The summed E-state index contributed by atoms with van der Waals surface area (Å²) in [7, 11) is 0. The van der Waals surface area contributed by atoms with E-state index in [1.54, 1.807) is 0 Å². The van der Waals surface area contributed by atoms with Crippen molar-refractivity contribution in [2.75, 3.05) is 19.6 Å². The molecule has 1 amide bonds. The van der Waals surface area contributed by atoms with Gasteiger partial charge in [-0.1, -0.05) is 43.2 Å². The second-order valence-electron chi connectivity index (χ2n) is 7.58. The highest BCUT2D eigenvalue weighted by molar-refractivity contribution is 5.79. The van der Waals surface area contributed by atoms with Crippen LogP contribution in [-0.4, -0.2) is 47.4 Å². The van der Waals surface area contributed by atoms with Crippen LogP contribution in [-0.2, 0) is 11.2 Å². The standard InChI is InChI=1S/C20H28N2O/c23-20(17-8-4-5-9-17)22-13-12-21(18-10-11-18)15-19(22)14-16-6-2-1-3-7-16/h1-3,6-7,17-19H,4-5,8-15H2. The number of hydrogen-bond acceptors (Lipinski definition) is 2. The molecule has 1 heterocycles. The molecule has 4 rings (SSSR count). The lowest BCUT2D eigenvalue weighted by Crippen LogP contribution is -2.57. The topological polar surface area (TPSA) is 23.6 Å². The minimum atomic E-state index is 0.306. The van der Waals surface area contributed by atoms with E-state index in [1.165, 1.54) is 31.2 Å². The molecule has 1 saturated heterocycles. The Morgan fingerprint density at radius 2 is 1.74 bits per heavy atom. The summed E-state index contributed by atoms with van der Waals surface area (Å²) in [5.74, 6) is 0.750. The summed E-state index contributed by atoms with van der Waals surface area (Å²) in [6, 6.07) is 11.9. The van der Waals surface area contributed by atoms with E-state index in [4.69, 9.17) is 0 Å². The highest BCUT2D eigenvalue weighted by atomic mass is 16.2. The minimum Gasteiger partial charge on any atom is -0.337 e. The lowest BCUT2D eigenvalue weighted by molar-refractivity contribution is -0.140. The maximum absolute atomic E-state index is 13.0. The van der Waals surface area contributed by atoms with E-state index in [2.05, 4.69) is 40.1 Å². The van der Waals surface area contributed by atoms with Gasteiger partial charge < -0.3 is 4.90 Å². The molecule has 2 aliphatic carbocycles. The first-order valence-electron chi connectivity index (χ1n) is 9.40. The van der Waals surface area contributed by atoms with Crippen LogP contribution in [0, 0.1) is 5.92 Å². The number of hydrogen-bond donors (Lipinski definition) is 0. The van der Waals surface area contributed by atoms with E-state index in [-0.39, 0.29) is 0 Å². The van der Waals surface area contributed by atoms with Gasteiger partial charge >= 0.3 is 0 Å². The average molecular weight is 312 g/mol. The number of carbonyl (C=O) groups excluding carboxylic acids is 1. The normalized spacial score (nSPS) is 26.6. The molecule has 0 aromatic heterocycles. The van der Waals surface area contributed by atoms with Crippen LogP contribution in [0.25, 0.3) is 0 Å². The Morgan fingerprint density at radius 1 is 1.00 bits per heavy atom. The zero-order valence-electron chi connectivity index (χ0n) is 14.0. The molecule has 3 aliphatic rings. The molecule has 3 heteroatoms. The summed E-state index contributed by atoms with van der Waals surface area (Å²) in [4.78, 5) is 17.9. The molecule has 23 heavy (non-hydrogen) atoms. The second-order valence-corrected chi connectivity index (χ2v) is 7.58. The predicted octanol–water partition coefficient (Wildman–Crippen LogP) is 3.09. The van der Waals surface area contributed by atoms with Crippen LogP contribution in [0.4, 0.5) is 0 Å². The monoisotopic (exact) mass is 312 g/mol. The van der Waals surface area contributed by atoms with E-state index in [0.29, 0.717) is 17.9 Å². The third-order valence-corrected chi connectivity index (χ3v) is 5.88. The van der Waals surface area contributed by atoms with Gasteiger partial charge in [0.25, 0.3) is 0 Å². The molecule has 3 fully saturated rings. The fourth-order valence-corrected chi connectivity index (χ4v) is 4.41. The molecule has 0 radical (unpaired) electrons. The van der Waals surface area contributed by atoms with Gasteiger partial charge in [-0.15, -0.1) is 0 Å². The van der Waals surface area contributed by atoms with E-state index in [9.17, 15) is 4.79 Å². The van der Waals surface area contributed by atoms with Crippen LogP contribution < -0.4 is 0 Å². The Kier molecular flexibility index (Phi) is 4.39. The van der Waals surface area contributed by atoms with Gasteiger partial charge in [0.05, 0.1) is 0 Å². The minimum absolute atomic E-state index is 0.306. The fraction of sp³-hybridized carbons (Fsp3) is 0.650. The molecule has 1 aromatic carbocycles. The molecular formula is C20H28N2O. The van der Waals surface area contributed by atoms with Crippen molar-refractivity contribution in [3.63, 3.8) is 0 Å². The van der Waals surface area contributed by atoms with Crippen molar-refractivity contribution in [3.05, 3.63) is 35.9 Å². The molecule has 124 valence electrons. The van der Waals surface area contributed by atoms with E-state index in [0.717, 1.165) is 44.9 Å². The lowest BCUT2D eigenvalue weighted by Gasteiger charge is -2.43. The van der Waals surface area contributed by atoms with Crippen LogP contribution in [0.15, 0.2) is 30.3 Å². The summed E-state index contributed by atoms with van der Waals surface area (Å²) in [5, 5.41) is 0. The summed E-state index contributed by atoms with van der Waals surface area (Å²) >= 11 is 0. The number of carbonyl (C=O) groups is 1. The highest BCUT2D eigenvalue weighted by Crippen LogP contribution is 2.32. The summed E-state index contributed by atoms with van der Waals surface area (Å²) in [6.45, 7) is 3.08. The summed E-state index contributed by atoms with van der Waals surface area (Å²) in [6.07, 6.45) is 8.41. The number of rotatable bonds is 4. The Balaban J connectivity index is 1.49. The Bertz CT molecular complexity index is 534. The maximum Gasteiger partial charge on any atom is 0.226 e. The largest absolute Gasteiger partial charge is 0.337 e. The molecule has 1 aromatic rings. The first kappa shape index (κ1) is 15.2. The highest BCUT2D eigenvalue weighted by Gasteiger charge is 2.39. The van der Waals surface area contributed by atoms with Crippen molar-refractivity contribution < 1.29 is 4.79 Å². The van der Waals surface area contributed by atoms with Gasteiger partial charge in [0.1, 0.15) is 0 Å². The SMILES string of the molecule is O=C(C1CCCC1)N1CCN(C2CC2)CC1Cc1ccccc1. The Hall–Kier alpha value is -1.35. The third kappa shape index (κ3) is 3.45. The van der Waals surface area contributed by atoms with E-state index in [1.807, 2.05) is 0 Å². The maximum atomic E-state index is 13.0. The number of piperazine rings is 1. The zero-order valence-corrected chi connectivity index (χ0v) is 14.0. The van der Waals surface area contributed by atoms with Crippen LogP contribution >= 0.6 is 0 Å². The van der Waals surface area contributed by atoms with Gasteiger partial charge in [-0.25, -0.2) is 0 Å². The zero-order chi connectivity index (χ0) is 15.6. The van der Waals surface area contributed by atoms with Gasteiger partial charge in [0.2, 0.25) is 5.91 Å². The smallest absolute Gasteiger partial charge is 0.226 e. The fourth-order valence-electron chi connectivity index (χ4n) is 4.41. The Labute approximate surface area is 139 Å². The first-order chi connectivity index (χ1) is 11.3. The first-order valence-corrected chi connectivity index (χ1v) is 9.40. The third-order valence-electron chi connectivity index (χ3n) is 5.88. The van der Waals surface area contributed by atoms with Gasteiger partial charge in [0, 0.05) is 37.6 Å². The van der Waals surface area contributed by atoms with Crippen molar-refractivity contribution >= 4 is 5.91 Å². The predicted molar refractivity (Wildman–Crippen MR) is 92.2 cm³/mol. The molecule has 3 nitrogen and oxygen atoms in total. The lowest BCUT2D eigenvalue weighted by atomic mass is 9.98. The van der Waals surface area contributed by atoms with Crippen molar-refractivity contribution in [3.8, 4) is 0 Å². The van der Waals surface area contributed by atoms with Crippen molar-refractivity contribution in [2.45, 2.75) is 57.0 Å². The van der Waals surface area contributed by atoms with Gasteiger partial charge in [-0.3, -0.25) is 9.69 Å². The van der Waals surface area contributed by atoms with Crippen molar-refractivity contribution in [1.29, 1.82) is 0 Å². The molecule has 0 bridgehead atoms. The van der Waals surface area contributed by atoms with Crippen LogP contribution in [0.2, 0.25) is 0 Å². The average Bonchev–Trinajstić information content (AvgIpc) is 3.29. The number of benzene rings is 1. The Morgan fingerprint density at radius 3 is 2.43 bits per heavy atom. The molecule has 1 unspecified atom stereocenters. The molecule has 0 spiro atoms.